The van der Waals surface area contributed by atoms with E-state index in [4.69, 9.17) is 11.6 Å². The highest BCUT2D eigenvalue weighted by Crippen LogP contribution is 2.34. The highest BCUT2D eigenvalue weighted by molar-refractivity contribution is 6.30. The summed E-state index contributed by atoms with van der Waals surface area (Å²) in [5, 5.41) is 21.5. The van der Waals surface area contributed by atoms with E-state index in [-0.39, 0.29) is 28.8 Å². The number of aromatic carboxylic acids is 1. The Balaban J connectivity index is 2.06. The van der Waals surface area contributed by atoms with Crippen LogP contribution in [0.15, 0.2) is 54.9 Å². The van der Waals surface area contributed by atoms with Crippen molar-refractivity contribution in [3.63, 3.8) is 0 Å². The number of carbonyl (C=O) groups is 2. The van der Waals surface area contributed by atoms with E-state index in [1.807, 2.05) is 13.8 Å². The maximum absolute atomic E-state index is 13.3. The Kier molecular flexibility index (Phi) is 6.60. The fourth-order valence-corrected chi connectivity index (χ4v) is 3.61. The monoisotopic (exact) mass is 443 g/mol. The first kappa shape index (κ1) is 22.3. The lowest BCUT2D eigenvalue weighted by atomic mass is 10.0. The van der Waals surface area contributed by atoms with Gasteiger partial charge >= 0.3 is 5.97 Å². The van der Waals surface area contributed by atoms with E-state index in [0.717, 1.165) is 11.6 Å². The third kappa shape index (κ3) is 5.03. The van der Waals surface area contributed by atoms with E-state index in [1.165, 1.54) is 17.0 Å². The van der Waals surface area contributed by atoms with E-state index >= 15 is 0 Å². The minimum absolute atomic E-state index is 0.155. The van der Waals surface area contributed by atoms with E-state index in [1.54, 1.807) is 41.6 Å². The molecule has 0 saturated heterocycles. The highest BCUT2D eigenvalue weighted by Gasteiger charge is 2.35. The molecule has 2 aromatic rings. The van der Waals surface area contributed by atoms with Crippen molar-refractivity contribution in [2.24, 2.45) is 5.92 Å². The number of benzene rings is 2. The number of hydrogen-bond donors (Lipinski definition) is 1. The fourth-order valence-electron chi connectivity index (χ4n) is 3.48. The van der Waals surface area contributed by atoms with Gasteiger partial charge < -0.3 is 14.9 Å². The van der Waals surface area contributed by atoms with Crippen LogP contribution in [0.25, 0.3) is 0 Å². The number of rotatable bonds is 7. The average Bonchev–Trinajstić information content (AvgIpc) is 2.71. The third-order valence-electron chi connectivity index (χ3n) is 4.91. The average molecular weight is 444 g/mol. The van der Waals surface area contributed by atoms with Gasteiger partial charge in [-0.15, -0.1) is 0 Å². The summed E-state index contributed by atoms with van der Waals surface area (Å²) >= 11 is 5.96. The number of hydrogen-bond acceptors (Lipinski definition) is 5. The van der Waals surface area contributed by atoms with Crippen molar-refractivity contribution in [2.45, 2.75) is 26.3 Å². The SMILES string of the molecule is CC(C)CN1C=CN(c2ccc(C(=O)O)cc2[N+](=O)[O-])[C@@H](Cc2ccc(Cl)cc2)C1=O. The molecule has 162 valence electrons. The zero-order valence-corrected chi connectivity index (χ0v) is 17.8. The lowest BCUT2D eigenvalue weighted by Crippen LogP contribution is -2.51. The maximum Gasteiger partial charge on any atom is 0.335 e. The molecule has 0 saturated carbocycles. The summed E-state index contributed by atoms with van der Waals surface area (Å²) in [4.78, 5) is 38.8. The molecule has 0 spiro atoms. The topological polar surface area (TPSA) is 104 Å². The summed E-state index contributed by atoms with van der Waals surface area (Å²) in [6.45, 7) is 4.51. The predicted octanol–water partition coefficient (Wildman–Crippen LogP) is 4.33. The minimum atomic E-state index is -1.26. The Hall–Kier alpha value is -3.39. The van der Waals surface area contributed by atoms with E-state index < -0.39 is 16.9 Å². The molecule has 9 heteroatoms. The van der Waals surface area contributed by atoms with Gasteiger partial charge in [-0.25, -0.2) is 4.79 Å². The fraction of sp³-hybridized carbons (Fsp3) is 0.273. The molecule has 1 aliphatic rings. The maximum atomic E-state index is 13.3. The number of carboxylic acids is 1. The van der Waals surface area contributed by atoms with Crippen molar-refractivity contribution in [1.29, 1.82) is 0 Å². The Morgan fingerprint density at radius 3 is 2.45 bits per heavy atom. The Morgan fingerprint density at radius 1 is 1.19 bits per heavy atom. The van der Waals surface area contributed by atoms with Crippen LogP contribution < -0.4 is 4.90 Å². The number of nitro groups is 1. The second-order valence-electron chi connectivity index (χ2n) is 7.70. The quantitative estimate of drug-likeness (QED) is 0.504. The van der Waals surface area contributed by atoms with Gasteiger partial charge in [0.2, 0.25) is 5.91 Å². The first-order valence-electron chi connectivity index (χ1n) is 9.70. The van der Waals surface area contributed by atoms with Crippen molar-refractivity contribution in [2.75, 3.05) is 11.4 Å². The van der Waals surface area contributed by atoms with Gasteiger partial charge in [0.05, 0.1) is 10.5 Å². The van der Waals surface area contributed by atoms with Crippen molar-refractivity contribution in [1.82, 2.24) is 4.90 Å². The number of halogens is 1. The van der Waals surface area contributed by atoms with Crippen LogP contribution in [-0.2, 0) is 11.2 Å². The Labute approximate surface area is 184 Å². The second-order valence-corrected chi connectivity index (χ2v) is 8.14. The van der Waals surface area contributed by atoms with Gasteiger partial charge in [-0.05, 0) is 35.7 Å². The highest BCUT2D eigenvalue weighted by atomic mass is 35.5. The van der Waals surface area contributed by atoms with Gasteiger partial charge in [0, 0.05) is 36.5 Å². The van der Waals surface area contributed by atoms with Crippen molar-refractivity contribution in [3.05, 3.63) is 81.1 Å². The summed E-state index contributed by atoms with van der Waals surface area (Å²) in [6.07, 6.45) is 3.54. The van der Waals surface area contributed by atoms with Crippen LogP contribution in [0.1, 0.15) is 29.8 Å². The molecule has 1 amide bonds. The van der Waals surface area contributed by atoms with Crippen molar-refractivity contribution in [3.8, 4) is 0 Å². The van der Waals surface area contributed by atoms with Crippen LogP contribution in [-0.4, -0.2) is 39.4 Å². The summed E-state index contributed by atoms with van der Waals surface area (Å²) in [5.74, 6) is -1.22. The van der Waals surface area contributed by atoms with Crippen LogP contribution in [0.3, 0.4) is 0 Å². The van der Waals surface area contributed by atoms with E-state index in [2.05, 4.69) is 0 Å². The van der Waals surface area contributed by atoms with Crippen LogP contribution in [0.2, 0.25) is 5.02 Å². The zero-order valence-electron chi connectivity index (χ0n) is 17.1. The van der Waals surface area contributed by atoms with Crippen LogP contribution >= 0.6 is 11.6 Å². The molecule has 0 radical (unpaired) electrons. The zero-order chi connectivity index (χ0) is 22.7. The molecular weight excluding hydrogens is 422 g/mol. The molecule has 1 heterocycles. The van der Waals surface area contributed by atoms with Crippen molar-refractivity contribution < 1.29 is 19.6 Å². The lowest BCUT2D eigenvalue weighted by molar-refractivity contribution is -0.384. The molecule has 0 bridgehead atoms. The summed E-state index contributed by atoms with van der Waals surface area (Å²) in [6, 6.07) is 9.99. The molecular formula is C22H22ClN3O5. The van der Waals surface area contributed by atoms with Crippen LogP contribution in [0, 0.1) is 16.0 Å². The Morgan fingerprint density at radius 2 is 1.87 bits per heavy atom. The number of carbonyl (C=O) groups excluding carboxylic acids is 1. The smallest absolute Gasteiger partial charge is 0.335 e. The predicted molar refractivity (Wildman–Crippen MR) is 117 cm³/mol. The molecule has 31 heavy (non-hydrogen) atoms. The number of carboxylic acid groups (broad SMARTS) is 1. The standard InChI is InChI=1S/C22H22ClN3O5/c1-14(2)13-24-9-10-25(18-8-5-16(22(28)29)12-19(18)26(30)31)20(21(24)27)11-15-3-6-17(23)7-4-15/h3-10,12,14,20H,11,13H2,1-2H3,(H,28,29)/t20-/m0/s1. The molecule has 0 fully saturated rings. The molecule has 0 unspecified atom stereocenters. The molecule has 1 aliphatic heterocycles. The van der Waals surface area contributed by atoms with Gasteiger partial charge in [-0.2, -0.15) is 0 Å². The van der Waals surface area contributed by atoms with E-state index in [0.29, 0.717) is 18.0 Å². The number of anilines is 1. The number of nitrogens with zero attached hydrogens (tertiary/aromatic N) is 3. The van der Waals surface area contributed by atoms with Crippen molar-refractivity contribution >= 4 is 34.9 Å². The summed E-state index contributed by atoms with van der Waals surface area (Å²) in [5.41, 5.74) is 0.425. The minimum Gasteiger partial charge on any atom is -0.478 e. The molecule has 3 rings (SSSR count). The van der Waals surface area contributed by atoms with Gasteiger partial charge in [0.25, 0.3) is 5.69 Å². The normalized spacial score (nSPS) is 16.1. The van der Waals surface area contributed by atoms with Gasteiger partial charge in [-0.1, -0.05) is 37.6 Å². The van der Waals surface area contributed by atoms with Gasteiger partial charge in [-0.3, -0.25) is 14.9 Å². The Bertz CT molecular complexity index is 1040. The molecule has 1 atom stereocenters. The van der Waals surface area contributed by atoms with E-state index in [9.17, 15) is 24.8 Å². The second kappa shape index (κ2) is 9.18. The lowest BCUT2D eigenvalue weighted by Gasteiger charge is -2.37. The van der Waals surface area contributed by atoms with Gasteiger partial charge in [0.1, 0.15) is 11.7 Å². The molecule has 1 N–H and O–H groups in total. The summed E-state index contributed by atoms with van der Waals surface area (Å²) < 4.78 is 0. The number of nitro benzene ring substituents is 1. The van der Waals surface area contributed by atoms with Gasteiger partial charge in [0.15, 0.2) is 0 Å². The summed E-state index contributed by atoms with van der Waals surface area (Å²) in [7, 11) is 0. The molecule has 8 nitrogen and oxygen atoms in total. The first-order chi connectivity index (χ1) is 14.7. The number of amides is 1. The largest absolute Gasteiger partial charge is 0.478 e. The first-order valence-corrected chi connectivity index (χ1v) is 10.1. The van der Waals surface area contributed by atoms with Crippen LogP contribution in [0.4, 0.5) is 11.4 Å². The molecule has 0 aliphatic carbocycles. The molecule has 2 aromatic carbocycles. The molecule has 0 aromatic heterocycles. The third-order valence-corrected chi connectivity index (χ3v) is 5.16. The van der Waals surface area contributed by atoms with Crippen LogP contribution in [0.5, 0.6) is 0 Å².